The van der Waals surface area contributed by atoms with Crippen molar-refractivity contribution in [2.24, 2.45) is 5.92 Å². The summed E-state index contributed by atoms with van der Waals surface area (Å²) in [6, 6.07) is 6.83. The minimum absolute atomic E-state index is 0.0979. The molecular formula is C35H44I4N2O12. The molecule has 4 unspecified atom stereocenters. The summed E-state index contributed by atoms with van der Waals surface area (Å²) >= 11 is 8.81. The van der Waals surface area contributed by atoms with E-state index in [1.165, 1.54) is 6.92 Å². The minimum atomic E-state index is -1.51. The second-order valence-electron chi connectivity index (χ2n) is 13.1. The molecule has 53 heavy (non-hydrogen) atoms. The Labute approximate surface area is 362 Å². The van der Waals surface area contributed by atoms with Gasteiger partial charge in [0.1, 0.15) is 41.7 Å². The highest BCUT2D eigenvalue weighted by Crippen LogP contribution is 2.38. The third-order valence-corrected chi connectivity index (χ3v) is 12.1. The molecule has 2 aliphatic heterocycles. The largest absolute Gasteiger partial charge is 0.491 e. The Balaban J connectivity index is 1.29. The van der Waals surface area contributed by atoms with E-state index in [-0.39, 0.29) is 18.1 Å². The van der Waals surface area contributed by atoms with E-state index in [4.69, 9.17) is 23.7 Å². The van der Waals surface area contributed by atoms with Gasteiger partial charge in [-0.15, -0.1) is 0 Å². The molecule has 2 aliphatic rings. The van der Waals surface area contributed by atoms with Gasteiger partial charge in [0.2, 0.25) is 11.8 Å². The number of aliphatic hydroxyl groups is 4. The third kappa shape index (κ3) is 12.1. The van der Waals surface area contributed by atoms with Crippen LogP contribution in [0, 0.1) is 20.2 Å². The summed E-state index contributed by atoms with van der Waals surface area (Å²) in [5.74, 6) is 0.780. The second-order valence-corrected chi connectivity index (χ2v) is 17.8. The number of amides is 2. The summed E-state index contributed by atoms with van der Waals surface area (Å²) in [5, 5.41) is 47.8. The number of hydrogen-bond donors (Lipinski definition) is 6. The molecule has 2 amide bonds. The quantitative estimate of drug-likeness (QED) is 0.112. The molecule has 10 atom stereocenters. The van der Waals surface area contributed by atoms with Crippen LogP contribution in [0.2, 0.25) is 0 Å². The summed E-state index contributed by atoms with van der Waals surface area (Å²) in [6.07, 6.45) is -8.60. The zero-order valence-electron chi connectivity index (χ0n) is 29.4. The van der Waals surface area contributed by atoms with Gasteiger partial charge in [-0.1, -0.05) is 6.92 Å². The smallest absolute Gasteiger partial charge is 0.222 e. The van der Waals surface area contributed by atoms with Crippen molar-refractivity contribution < 1.29 is 58.5 Å². The molecular weight excluding hydrogens is 1150 g/mol. The lowest BCUT2D eigenvalue weighted by Gasteiger charge is -2.47. The van der Waals surface area contributed by atoms with E-state index in [9.17, 15) is 34.8 Å². The molecule has 2 aromatic rings. The fourth-order valence-electron chi connectivity index (χ4n) is 6.13. The molecule has 2 saturated heterocycles. The lowest BCUT2D eigenvalue weighted by molar-refractivity contribution is -0.320. The van der Waals surface area contributed by atoms with Crippen molar-refractivity contribution in [2.75, 3.05) is 19.8 Å². The number of ketones is 1. The van der Waals surface area contributed by atoms with Crippen molar-refractivity contribution in [3.05, 3.63) is 44.1 Å². The van der Waals surface area contributed by atoms with Gasteiger partial charge in [-0.05, 0) is 140 Å². The van der Waals surface area contributed by atoms with Crippen molar-refractivity contribution in [3.63, 3.8) is 0 Å². The number of ether oxygens (including phenoxy) is 5. The van der Waals surface area contributed by atoms with E-state index >= 15 is 0 Å². The number of hydrogen-bond acceptors (Lipinski definition) is 12. The van der Waals surface area contributed by atoms with Crippen LogP contribution in [0.25, 0.3) is 0 Å². The molecule has 18 heteroatoms. The van der Waals surface area contributed by atoms with Gasteiger partial charge >= 0.3 is 0 Å². The Bertz CT molecular complexity index is 1570. The maximum atomic E-state index is 13.0. The van der Waals surface area contributed by atoms with Crippen LogP contribution in [-0.4, -0.2) is 113 Å². The molecule has 14 nitrogen and oxygen atoms in total. The van der Waals surface area contributed by atoms with E-state index in [0.29, 0.717) is 37.5 Å². The predicted molar refractivity (Wildman–Crippen MR) is 226 cm³/mol. The molecule has 4 rings (SSSR count). The average molecular weight is 1190 g/mol. The standard InChI is InChI=1S/C35H44I4N2O12/c1-15(43)8-19-9-21(36)33(22(37)10-19)51-20-11-23(38)32(24(39)12-20)49-7-5-6-40-27(45)13-25-16(2)29(46)31(48)35(52-25)53-34-28(41-18(4)44)17(3)50-26(14-42)30(34)47/h9-12,16-17,25-26,28-31,34-35,42,46-48H,5-8,13-14H2,1-4H3,(H,40,45)(H,41,44)/t16-,17+,25?,26?,28?,29+,30-,31?,34-,35+/m1/s1. The first-order valence-corrected chi connectivity index (χ1v) is 21.2. The number of benzene rings is 2. The van der Waals surface area contributed by atoms with E-state index in [1.807, 2.05) is 24.3 Å². The van der Waals surface area contributed by atoms with E-state index in [0.717, 1.165) is 25.6 Å². The number of nitrogens with one attached hydrogen (secondary N) is 2. The van der Waals surface area contributed by atoms with Gasteiger partial charge in [-0.3, -0.25) is 14.4 Å². The molecule has 294 valence electrons. The maximum absolute atomic E-state index is 13.0. The molecule has 0 bridgehead atoms. The van der Waals surface area contributed by atoms with Gasteiger partial charge in [0.25, 0.3) is 0 Å². The molecule has 0 aromatic heterocycles. The van der Waals surface area contributed by atoms with E-state index in [2.05, 4.69) is 101 Å². The SMILES string of the molecule is CC(=O)Cc1cc(I)c(Oc2cc(I)c(OCCCNC(=O)CC3O[C@@H](O[C@@H]4C(NC(C)=O)[C@H](C)OC(CO)[C@H]4O)C(O)[C@@H](O)[C@@H]3C)c(I)c2)c(I)c1. The molecule has 2 aromatic carbocycles. The molecule has 2 fully saturated rings. The van der Waals surface area contributed by atoms with E-state index < -0.39 is 73.5 Å². The number of rotatable bonds is 15. The lowest BCUT2D eigenvalue weighted by Crippen LogP contribution is -2.66. The highest BCUT2D eigenvalue weighted by Gasteiger charge is 2.50. The molecule has 6 N–H and O–H groups in total. The number of halogens is 4. The summed E-state index contributed by atoms with van der Waals surface area (Å²) in [6.45, 7) is 6.28. The van der Waals surface area contributed by atoms with Gasteiger partial charge < -0.3 is 54.7 Å². The Morgan fingerprint density at radius 2 is 1.47 bits per heavy atom. The van der Waals surface area contributed by atoms with Gasteiger partial charge in [-0.2, -0.15) is 0 Å². The Hall–Kier alpha value is -0.710. The molecule has 0 radical (unpaired) electrons. The van der Waals surface area contributed by atoms with Crippen LogP contribution < -0.4 is 20.1 Å². The summed E-state index contributed by atoms with van der Waals surface area (Å²) in [5.41, 5.74) is 0.941. The fourth-order valence-corrected chi connectivity index (χ4v) is 10.3. The van der Waals surface area contributed by atoms with Crippen molar-refractivity contribution in [2.45, 2.75) is 102 Å². The van der Waals surface area contributed by atoms with Gasteiger partial charge in [0.05, 0.1) is 58.3 Å². The first kappa shape index (κ1) is 45.0. The van der Waals surface area contributed by atoms with Crippen LogP contribution in [0.3, 0.4) is 0 Å². The fraction of sp³-hybridized carbons (Fsp3) is 0.571. The van der Waals surface area contributed by atoms with Crippen LogP contribution in [0.4, 0.5) is 0 Å². The van der Waals surface area contributed by atoms with Crippen LogP contribution in [0.5, 0.6) is 17.2 Å². The monoisotopic (exact) mass is 1190 g/mol. The number of carbonyl (C=O) groups is 3. The number of carbonyl (C=O) groups excluding carboxylic acids is 3. The summed E-state index contributed by atoms with van der Waals surface area (Å²) < 4.78 is 33.4. The first-order chi connectivity index (χ1) is 25.0. The third-order valence-electron chi connectivity index (χ3n) is 8.85. The second kappa shape index (κ2) is 20.6. The molecule has 0 aliphatic carbocycles. The number of aliphatic hydroxyl groups excluding tert-OH is 4. The maximum Gasteiger partial charge on any atom is 0.222 e. The first-order valence-electron chi connectivity index (χ1n) is 16.9. The Morgan fingerprint density at radius 3 is 2.06 bits per heavy atom. The van der Waals surface area contributed by atoms with Crippen molar-refractivity contribution in [1.29, 1.82) is 0 Å². The zero-order valence-corrected chi connectivity index (χ0v) is 38.0. The lowest BCUT2D eigenvalue weighted by atomic mass is 9.88. The Kier molecular flexibility index (Phi) is 17.5. The normalized spacial score (nSPS) is 28.6. The van der Waals surface area contributed by atoms with Crippen molar-refractivity contribution in [3.8, 4) is 17.2 Å². The van der Waals surface area contributed by atoms with Crippen LogP contribution in [0.15, 0.2) is 24.3 Å². The predicted octanol–water partition coefficient (Wildman–Crippen LogP) is 3.42. The zero-order chi connectivity index (χ0) is 39.1. The highest BCUT2D eigenvalue weighted by molar-refractivity contribution is 14.1. The van der Waals surface area contributed by atoms with Crippen LogP contribution in [-0.2, 0) is 35.0 Å². The van der Waals surface area contributed by atoms with E-state index in [1.54, 1.807) is 20.8 Å². The van der Waals surface area contributed by atoms with Crippen LogP contribution in [0.1, 0.15) is 46.1 Å². The molecule has 0 saturated carbocycles. The average Bonchev–Trinajstić information content (AvgIpc) is 3.07. The summed E-state index contributed by atoms with van der Waals surface area (Å²) in [7, 11) is 0. The number of Topliss-reactive ketones (excluding diaryl/α,β-unsaturated/α-hetero) is 1. The topological polar surface area (TPSA) is 202 Å². The van der Waals surface area contributed by atoms with Crippen molar-refractivity contribution in [1.82, 2.24) is 10.6 Å². The van der Waals surface area contributed by atoms with Crippen LogP contribution >= 0.6 is 90.4 Å². The summed E-state index contributed by atoms with van der Waals surface area (Å²) in [4.78, 5) is 36.4. The van der Waals surface area contributed by atoms with Gasteiger partial charge in [0, 0.05) is 25.8 Å². The molecule has 2 heterocycles. The molecule has 0 spiro atoms. The van der Waals surface area contributed by atoms with Gasteiger partial charge in [-0.25, -0.2) is 0 Å². The minimum Gasteiger partial charge on any atom is -0.491 e. The highest BCUT2D eigenvalue weighted by atomic mass is 127. The van der Waals surface area contributed by atoms with Crippen molar-refractivity contribution >= 4 is 108 Å². The van der Waals surface area contributed by atoms with Gasteiger partial charge in [0.15, 0.2) is 12.0 Å². The Morgan fingerprint density at radius 1 is 0.849 bits per heavy atom.